The van der Waals surface area contributed by atoms with Crippen LogP contribution in [0.5, 0.6) is 0 Å². The Kier molecular flexibility index (Phi) is 27.7. The number of hydrogen-bond acceptors (Lipinski definition) is 3. The average molecular weight is 373 g/mol. The Morgan fingerprint density at radius 2 is 1.08 bits per heavy atom. The third kappa shape index (κ3) is 31.0. The summed E-state index contributed by atoms with van der Waals surface area (Å²) in [5, 5.41) is 24.7. The maximum Gasteiger partial charge on any atom is 0.303 e. The molecule has 4 heteroatoms. The second kappa shape index (κ2) is 26.4. The van der Waals surface area contributed by atoms with Gasteiger partial charge in [0.05, 0.1) is 0 Å². The number of carboxylic acid groups (broad SMARTS) is 1. The van der Waals surface area contributed by atoms with Crippen molar-refractivity contribution in [1.82, 2.24) is 0 Å². The summed E-state index contributed by atoms with van der Waals surface area (Å²) in [5.74, 6) is -0.664. The first-order valence-electron chi connectivity index (χ1n) is 10.8. The summed E-state index contributed by atoms with van der Waals surface area (Å²) in [6, 6.07) is 0. The Morgan fingerprint density at radius 1 is 0.654 bits per heavy atom. The van der Waals surface area contributed by atoms with Gasteiger partial charge in [-0.2, -0.15) is 0 Å². The van der Waals surface area contributed by atoms with Crippen LogP contribution < -0.4 is 0 Å². The Balaban J connectivity index is 0. The smallest absolute Gasteiger partial charge is 0.303 e. The number of aliphatic hydroxyl groups excluding tert-OH is 2. The molecule has 26 heavy (non-hydrogen) atoms. The summed E-state index contributed by atoms with van der Waals surface area (Å²) in [6.45, 7) is 2.65. The molecule has 0 atom stereocenters. The van der Waals surface area contributed by atoms with Crippen molar-refractivity contribution in [2.24, 2.45) is 0 Å². The number of aliphatic carboxylic acids is 1. The van der Waals surface area contributed by atoms with E-state index >= 15 is 0 Å². The predicted octanol–water partition coefficient (Wildman–Crippen LogP) is 5.86. The fourth-order valence-electron chi connectivity index (χ4n) is 2.57. The fourth-order valence-corrected chi connectivity index (χ4v) is 2.57. The van der Waals surface area contributed by atoms with Crippen molar-refractivity contribution in [3.8, 4) is 0 Å². The molecule has 0 unspecified atom stereocenters. The van der Waals surface area contributed by atoms with Crippen molar-refractivity contribution >= 4 is 5.97 Å². The van der Waals surface area contributed by atoms with Crippen molar-refractivity contribution < 1.29 is 20.1 Å². The highest BCUT2D eigenvalue weighted by molar-refractivity contribution is 5.66. The summed E-state index contributed by atoms with van der Waals surface area (Å²) >= 11 is 0. The van der Waals surface area contributed by atoms with E-state index in [0.29, 0.717) is 6.42 Å². The van der Waals surface area contributed by atoms with Crippen LogP contribution >= 0.6 is 0 Å². The third-order valence-corrected chi connectivity index (χ3v) is 4.22. The fraction of sp³-hybridized carbons (Fsp3) is 0.864. The molecule has 0 aromatic carbocycles. The van der Waals surface area contributed by atoms with Crippen molar-refractivity contribution in [3.63, 3.8) is 0 Å². The highest BCUT2D eigenvalue weighted by Crippen LogP contribution is 2.09. The van der Waals surface area contributed by atoms with Crippen LogP contribution in [-0.4, -0.2) is 34.5 Å². The zero-order valence-electron chi connectivity index (χ0n) is 17.1. The van der Waals surface area contributed by atoms with E-state index in [4.69, 9.17) is 15.3 Å². The average Bonchev–Trinajstić information content (AvgIpc) is 2.63. The van der Waals surface area contributed by atoms with Crippen LogP contribution in [0.25, 0.3) is 0 Å². The number of hydrogen-bond donors (Lipinski definition) is 3. The Bertz CT molecular complexity index is 286. The molecule has 0 aliphatic rings. The quantitative estimate of drug-likeness (QED) is 0.208. The molecule has 0 aliphatic heterocycles. The number of rotatable bonds is 18. The maximum absolute atomic E-state index is 10.3. The Labute approximate surface area is 161 Å². The molecule has 0 rings (SSSR count). The summed E-state index contributed by atoms with van der Waals surface area (Å²) in [7, 11) is 0. The molecular formula is C22H44O4. The van der Waals surface area contributed by atoms with Gasteiger partial charge in [-0.15, -0.1) is 0 Å². The lowest BCUT2D eigenvalue weighted by atomic mass is 10.1. The molecule has 0 heterocycles. The van der Waals surface area contributed by atoms with E-state index in [-0.39, 0.29) is 13.2 Å². The molecule has 3 N–H and O–H groups in total. The molecule has 0 amide bonds. The van der Waals surface area contributed by atoms with Crippen LogP contribution in [0.4, 0.5) is 0 Å². The Morgan fingerprint density at radius 3 is 1.50 bits per heavy atom. The number of unbranched alkanes of at least 4 members (excludes halogenated alkanes) is 12. The molecule has 0 aromatic rings. The van der Waals surface area contributed by atoms with Gasteiger partial charge in [0.15, 0.2) is 0 Å². The van der Waals surface area contributed by atoms with Gasteiger partial charge in [-0.05, 0) is 44.9 Å². The molecule has 0 radical (unpaired) electrons. The van der Waals surface area contributed by atoms with Gasteiger partial charge in [0.1, 0.15) is 0 Å². The molecule has 156 valence electrons. The van der Waals surface area contributed by atoms with Crippen LogP contribution in [-0.2, 0) is 4.79 Å². The van der Waals surface area contributed by atoms with Crippen molar-refractivity contribution in [3.05, 3.63) is 12.2 Å². The van der Waals surface area contributed by atoms with Gasteiger partial charge >= 0.3 is 5.97 Å². The monoisotopic (exact) mass is 372 g/mol. The van der Waals surface area contributed by atoms with Gasteiger partial charge in [-0.1, -0.05) is 70.4 Å². The predicted molar refractivity (Wildman–Crippen MR) is 110 cm³/mol. The lowest BCUT2D eigenvalue weighted by Gasteiger charge is -1.99. The number of aliphatic hydroxyl groups is 2. The summed E-state index contributed by atoms with van der Waals surface area (Å²) in [5.41, 5.74) is 0. The molecule has 0 saturated heterocycles. The zero-order chi connectivity index (χ0) is 19.7. The molecule has 4 nitrogen and oxygen atoms in total. The summed E-state index contributed by atoms with van der Waals surface area (Å²) in [4.78, 5) is 10.3. The van der Waals surface area contributed by atoms with Crippen molar-refractivity contribution in [2.45, 2.75) is 110 Å². The highest BCUT2D eigenvalue weighted by Gasteiger charge is 1.95. The van der Waals surface area contributed by atoms with Crippen molar-refractivity contribution in [2.75, 3.05) is 13.2 Å². The Hall–Kier alpha value is -0.870. The van der Waals surface area contributed by atoms with Gasteiger partial charge in [0.25, 0.3) is 0 Å². The maximum atomic E-state index is 10.3. The van der Waals surface area contributed by atoms with Crippen LogP contribution in [0.1, 0.15) is 110 Å². The SMILES string of the molecule is CCCCCCCC/C=C\CCCCCCCC(=O)O.OCCCCO. The van der Waals surface area contributed by atoms with Crippen molar-refractivity contribution in [1.29, 1.82) is 0 Å². The second-order valence-corrected chi connectivity index (χ2v) is 6.88. The first-order chi connectivity index (χ1) is 12.7. The van der Waals surface area contributed by atoms with E-state index < -0.39 is 5.97 Å². The number of carbonyl (C=O) groups is 1. The first-order valence-corrected chi connectivity index (χ1v) is 10.8. The summed E-state index contributed by atoms with van der Waals surface area (Å²) < 4.78 is 0. The molecule has 0 spiro atoms. The van der Waals surface area contributed by atoms with Crippen LogP contribution in [0.3, 0.4) is 0 Å². The minimum atomic E-state index is -0.664. The van der Waals surface area contributed by atoms with Gasteiger partial charge in [0.2, 0.25) is 0 Å². The second-order valence-electron chi connectivity index (χ2n) is 6.88. The van der Waals surface area contributed by atoms with E-state index in [0.717, 1.165) is 25.7 Å². The van der Waals surface area contributed by atoms with Crippen LogP contribution in [0.2, 0.25) is 0 Å². The zero-order valence-corrected chi connectivity index (χ0v) is 17.1. The van der Waals surface area contributed by atoms with E-state index in [1.807, 2.05) is 0 Å². The van der Waals surface area contributed by atoms with E-state index in [9.17, 15) is 4.79 Å². The van der Waals surface area contributed by atoms with Gasteiger partial charge < -0.3 is 15.3 Å². The summed E-state index contributed by atoms with van der Waals surface area (Å²) in [6.07, 6.45) is 22.7. The molecule has 0 aromatic heterocycles. The number of carboxylic acids is 1. The third-order valence-electron chi connectivity index (χ3n) is 4.22. The lowest BCUT2D eigenvalue weighted by molar-refractivity contribution is -0.137. The largest absolute Gasteiger partial charge is 0.481 e. The van der Waals surface area contributed by atoms with E-state index in [2.05, 4.69) is 19.1 Å². The molecular weight excluding hydrogens is 328 g/mol. The van der Waals surface area contributed by atoms with Gasteiger partial charge in [-0.3, -0.25) is 4.79 Å². The highest BCUT2D eigenvalue weighted by atomic mass is 16.4. The van der Waals surface area contributed by atoms with E-state index in [1.165, 1.54) is 70.6 Å². The lowest BCUT2D eigenvalue weighted by Crippen LogP contribution is -1.93. The van der Waals surface area contributed by atoms with Gasteiger partial charge in [-0.25, -0.2) is 0 Å². The van der Waals surface area contributed by atoms with Crippen LogP contribution in [0, 0.1) is 0 Å². The van der Waals surface area contributed by atoms with Crippen LogP contribution in [0.15, 0.2) is 12.2 Å². The molecule has 0 saturated carbocycles. The minimum Gasteiger partial charge on any atom is -0.481 e. The number of allylic oxidation sites excluding steroid dienone is 2. The molecule has 0 bridgehead atoms. The normalized spacial score (nSPS) is 10.7. The minimum absolute atomic E-state index is 0.195. The van der Waals surface area contributed by atoms with E-state index in [1.54, 1.807) is 0 Å². The first kappa shape index (κ1) is 27.3. The van der Waals surface area contributed by atoms with Gasteiger partial charge in [0, 0.05) is 19.6 Å². The topological polar surface area (TPSA) is 77.8 Å². The molecule has 0 aliphatic carbocycles. The standard InChI is InChI=1S/C18H34O2.C4H10O2/c1-2-3-4-5-6-7-8-9-10-11-12-13-14-15-16-17-18(19)20;5-3-1-2-4-6/h9-10H,2-8,11-17H2,1H3,(H,19,20);5-6H,1-4H2/b10-9-;. The molecule has 0 fully saturated rings.